The van der Waals surface area contributed by atoms with Gasteiger partial charge in [0.2, 0.25) is 11.7 Å². The lowest BCUT2D eigenvalue weighted by Gasteiger charge is -2.03. The smallest absolute Gasteiger partial charge is 0.223 e. The zero-order valence-corrected chi connectivity index (χ0v) is 14.2. The monoisotopic (exact) mass is 354 g/mol. The minimum Gasteiger partial charge on any atom is -0.485 e. The van der Waals surface area contributed by atoms with Crippen molar-refractivity contribution < 1.29 is 14.1 Å². The summed E-state index contributed by atoms with van der Waals surface area (Å²) in [7, 11) is 0. The standard InChI is InChI=1S/C19H15ClN2O3/c1-13-21-19(22-25-13)12-24-17-9-2-14(3-10-17)4-11-18(23)15-5-7-16(20)8-6-15/h2-11H,12H2,1H3. The number of carbonyl (C=O) groups is 1. The summed E-state index contributed by atoms with van der Waals surface area (Å²) in [5.41, 5.74) is 1.49. The number of allylic oxidation sites excluding steroid dienone is 1. The first-order valence-corrected chi connectivity index (χ1v) is 7.98. The molecule has 3 aromatic rings. The van der Waals surface area contributed by atoms with Gasteiger partial charge in [-0.25, -0.2) is 0 Å². The summed E-state index contributed by atoms with van der Waals surface area (Å²) in [5.74, 6) is 1.60. The molecule has 1 aromatic heterocycles. The molecule has 0 saturated carbocycles. The Hall–Kier alpha value is -2.92. The number of hydrogen-bond acceptors (Lipinski definition) is 5. The number of ether oxygens (including phenoxy) is 1. The largest absolute Gasteiger partial charge is 0.485 e. The fourth-order valence-corrected chi connectivity index (χ4v) is 2.23. The molecule has 0 spiro atoms. The Morgan fingerprint density at radius 2 is 1.88 bits per heavy atom. The van der Waals surface area contributed by atoms with Crippen molar-refractivity contribution in [2.75, 3.05) is 0 Å². The lowest BCUT2D eigenvalue weighted by molar-refractivity contribution is 0.104. The van der Waals surface area contributed by atoms with Gasteiger partial charge in [0.1, 0.15) is 5.75 Å². The predicted octanol–water partition coefficient (Wildman–Crippen LogP) is 4.51. The fraction of sp³-hybridized carbons (Fsp3) is 0.105. The SMILES string of the molecule is Cc1nc(COc2ccc(C=CC(=O)c3ccc(Cl)cc3)cc2)no1. The third-order valence-corrected chi connectivity index (χ3v) is 3.63. The first-order chi connectivity index (χ1) is 12.1. The van der Waals surface area contributed by atoms with Gasteiger partial charge in [-0.3, -0.25) is 4.79 Å². The van der Waals surface area contributed by atoms with Crippen LogP contribution in [0, 0.1) is 6.92 Å². The zero-order valence-electron chi connectivity index (χ0n) is 13.5. The highest BCUT2D eigenvalue weighted by molar-refractivity contribution is 6.30. The van der Waals surface area contributed by atoms with E-state index in [0.717, 1.165) is 5.56 Å². The summed E-state index contributed by atoms with van der Waals surface area (Å²) in [4.78, 5) is 16.1. The average Bonchev–Trinajstić information content (AvgIpc) is 3.05. The molecule has 0 aliphatic carbocycles. The van der Waals surface area contributed by atoms with E-state index in [1.165, 1.54) is 6.08 Å². The van der Waals surface area contributed by atoms with E-state index in [-0.39, 0.29) is 12.4 Å². The second-order valence-corrected chi connectivity index (χ2v) is 5.73. The summed E-state index contributed by atoms with van der Waals surface area (Å²) in [6, 6.07) is 14.2. The molecule has 0 unspecified atom stereocenters. The van der Waals surface area contributed by atoms with Gasteiger partial charge >= 0.3 is 0 Å². The van der Waals surface area contributed by atoms with Crippen molar-refractivity contribution in [3.8, 4) is 5.75 Å². The zero-order chi connectivity index (χ0) is 17.6. The van der Waals surface area contributed by atoms with Crippen molar-refractivity contribution in [3.05, 3.63) is 82.5 Å². The molecule has 0 N–H and O–H groups in total. The number of ketones is 1. The second-order valence-electron chi connectivity index (χ2n) is 5.29. The van der Waals surface area contributed by atoms with Crippen molar-refractivity contribution in [2.24, 2.45) is 0 Å². The van der Waals surface area contributed by atoms with Crippen LogP contribution in [0.25, 0.3) is 6.08 Å². The van der Waals surface area contributed by atoms with Gasteiger partial charge in [-0.1, -0.05) is 35.0 Å². The van der Waals surface area contributed by atoms with Crippen molar-refractivity contribution >= 4 is 23.5 Å². The van der Waals surface area contributed by atoms with E-state index < -0.39 is 0 Å². The molecule has 3 rings (SSSR count). The highest BCUT2D eigenvalue weighted by atomic mass is 35.5. The summed E-state index contributed by atoms with van der Waals surface area (Å²) in [6.45, 7) is 1.96. The van der Waals surface area contributed by atoms with Crippen molar-refractivity contribution in [3.63, 3.8) is 0 Å². The first kappa shape index (κ1) is 16.9. The molecule has 1 heterocycles. The van der Waals surface area contributed by atoms with Crippen LogP contribution < -0.4 is 4.74 Å². The summed E-state index contributed by atoms with van der Waals surface area (Å²) >= 11 is 5.82. The highest BCUT2D eigenvalue weighted by Crippen LogP contribution is 2.15. The summed E-state index contributed by atoms with van der Waals surface area (Å²) in [6.07, 6.45) is 3.28. The van der Waals surface area contributed by atoms with Gasteiger partial charge in [0.15, 0.2) is 12.4 Å². The Morgan fingerprint density at radius 1 is 1.16 bits per heavy atom. The maximum atomic E-state index is 12.1. The molecular weight excluding hydrogens is 340 g/mol. The highest BCUT2D eigenvalue weighted by Gasteiger charge is 2.04. The number of hydrogen-bond donors (Lipinski definition) is 0. The Morgan fingerprint density at radius 3 is 2.52 bits per heavy atom. The Balaban J connectivity index is 1.58. The molecule has 2 aromatic carbocycles. The number of carbonyl (C=O) groups excluding carboxylic acids is 1. The fourth-order valence-electron chi connectivity index (χ4n) is 2.11. The molecule has 0 radical (unpaired) electrons. The van der Waals surface area contributed by atoms with E-state index in [4.69, 9.17) is 20.9 Å². The van der Waals surface area contributed by atoms with Crippen LogP contribution in [0.1, 0.15) is 27.6 Å². The molecule has 6 heteroatoms. The van der Waals surface area contributed by atoms with Crippen LogP contribution in [0.15, 0.2) is 59.1 Å². The summed E-state index contributed by atoms with van der Waals surface area (Å²) < 4.78 is 10.5. The van der Waals surface area contributed by atoms with Gasteiger partial charge in [-0.2, -0.15) is 4.98 Å². The van der Waals surface area contributed by atoms with Gasteiger partial charge in [-0.15, -0.1) is 0 Å². The Bertz CT molecular complexity index is 884. The van der Waals surface area contributed by atoms with Gasteiger partial charge in [0.05, 0.1) is 0 Å². The lowest BCUT2D eigenvalue weighted by Crippen LogP contribution is -1.97. The molecule has 0 saturated heterocycles. The van der Waals surface area contributed by atoms with Crippen LogP contribution in [-0.2, 0) is 6.61 Å². The first-order valence-electron chi connectivity index (χ1n) is 7.60. The average molecular weight is 355 g/mol. The Labute approximate surface area is 149 Å². The molecule has 5 nitrogen and oxygen atoms in total. The molecule has 0 fully saturated rings. The minimum atomic E-state index is -0.0792. The van der Waals surface area contributed by atoms with Crippen molar-refractivity contribution in [2.45, 2.75) is 13.5 Å². The number of rotatable bonds is 6. The molecule has 0 amide bonds. The van der Waals surface area contributed by atoms with E-state index in [9.17, 15) is 4.79 Å². The minimum absolute atomic E-state index is 0.0792. The number of halogens is 1. The van der Waals surface area contributed by atoms with Crippen LogP contribution >= 0.6 is 11.6 Å². The Kier molecular flexibility index (Phi) is 5.26. The van der Waals surface area contributed by atoms with E-state index in [1.54, 1.807) is 37.3 Å². The molecular formula is C19H15ClN2O3. The maximum Gasteiger partial charge on any atom is 0.223 e. The number of nitrogens with zero attached hydrogens (tertiary/aromatic N) is 2. The van der Waals surface area contributed by atoms with Gasteiger partial charge < -0.3 is 9.26 Å². The molecule has 0 atom stereocenters. The van der Waals surface area contributed by atoms with E-state index >= 15 is 0 Å². The maximum absolute atomic E-state index is 12.1. The normalized spacial score (nSPS) is 11.0. The van der Waals surface area contributed by atoms with Crippen LogP contribution in [0.5, 0.6) is 5.75 Å². The molecule has 126 valence electrons. The van der Waals surface area contributed by atoms with Crippen LogP contribution in [0.4, 0.5) is 0 Å². The van der Waals surface area contributed by atoms with E-state index in [0.29, 0.717) is 28.1 Å². The lowest BCUT2D eigenvalue weighted by atomic mass is 10.1. The van der Waals surface area contributed by atoms with E-state index in [1.807, 2.05) is 24.3 Å². The van der Waals surface area contributed by atoms with Crippen LogP contribution in [-0.4, -0.2) is 15.9 Å². The third-order valence-electron chi connectivity index (χ3n) is 3.37. The molecule has 0 aliphatic heterocycles. The summed E-state index contributed by atoms with van der Waals surface area (Å²) in [5, 5.41) is 4.37. The molecule has 0 aliphatic rings. The van der Waals surface area contributed by atoms with E-state index in [2.05, 4.69) is 10.1 Å². The topological polar surface area (TPSA) is 65.2 Å². The number of aryl methyl sites for hydroxylation is 1. The third kappa shape index (κ3) is 4.78. The van der Waals surface area contributed by atoms with Gasteiger partial charge in [0, 0.05) is 17.5 Å². The number of benzene rings is 2. The second kappa shape index (κ2) is 7.77. The predicted molar refractivity (Wildman–Crippen MR) is 94.6 cm³/mol. The van der Waals surface area contributed by atoms with Gasteiger partial charge in [-0.05, 0) is 48.0 Å². The van der Waals surface area contributed by atoms with Crippen molar-refractivity contribution in [1.82, 2.24) is 10.1 Å². The van der Waals surface area contributed by atoms with Gasteiger partial charge in [0.25, 0.3) is 0 Å². The van der Waals surface area contributed by atoms with Crippen molar-refractivity contribution in [1.29, 1.82) is 0 Å². The molecule has 25 heavy (non-hydrogen) atoms. The number of aromatic nitrogens is 2. The van der Waals surface area contributed by atoms with Crippen LogP contribution in [0.3, 0.4) is 0 Å². The quantitative estimate of drug-likeness (QED) is 0.481. The van der Waals surface area contributed by atoms with Crippen LogP contribution in [0.2, 0.25) is 5.02 Å². The molecule has 0 bridgehead atoms.